The third-order valence-electron chi connectivity index (χ3n) is 2.61. The van der Waals surface area contributed by atoms with E-state index in [1.54, 1.807) is 0 Å². The van der Waals surface area contributed by atoms with Crippen molar-refractivity contribution in [2.45, 2.75) is 52.4 Å². The van der Waals surface area contributed by atoms with Crippen molar-refractivity contribution < 1.29 is 4.79 Å². The molecule has 0 radical (unpaired) electrons. The fourth-order valence-corrected chi connectivity index (χ4v) is 1.61. The fourth-order valence-electron chi connectivity index (χ4n) is 1.61. The number of carbonyl (C=O) groups is 1. The third-order valence-corrected chi connectivity index (χ3v) is 2.61. The lowest BCUT2D eigenvalue weighted by Crippen LogP contribution is -2.30. The van der Waals surface area contributed by atoms with Crippen molar-refractivity contribution in [3.63, 3.8) is 0 Å². The molecule has 0 aromatic rings. The smallest absolute Gasteiger partial charge is 0.223 e. The highest BCUT2D eigenvalue weighted by Gasteiger charge is 2.14. The van der Waals surface area contributed by atoms with Gasteiger partial charge in [-0.05, 0) is 12.8 Å². The van der Waals surface area contributed by atoms with E-state index in [2.05, 4.69) is 12.2 Å². The van der Waals surface area contributed by atoms with E-state index < -0.39 is 0 Å². The number of amides is 1. The summed E-state index contributed by atoms with van der Waals surface area (Å²) in [7, 11) is 0. The maximum atomic E-state index is 11.5. The highest BCUT2D eigenvalue weighted by atomic mass is 16.1. The summed E-state index contributed by atoms with van der Waals surface area (Å²) in [5.41, 5.74) is 0. The lowest BCUT2D eigenvalue weighted by molar-refractivity contribution is -0.125. The van der Waals surface area contributed by atoms with Crippen molar-refractivity contribution in [1.82, 2.24) is 5.32 Å². The van der Waals surface area contributed by atoms with Crippen LogP contribution >= 0.6 is 0 Å². The van der Waals surface area contributed by atoms with Gasteiger partial charge in [0.2, 0.25) is 5.91 Å². The maximum absolute atomic E-state index is 11.5. The second-order valence-corrected chi connectivity index (χ2v) is 3.83. The standard InChI is InChI=1S/C12H22N2O/c1-3-5-6-7-8-11(4-2)12(15)14-10-9-13/h11H,3-8,10H2,1-2H3,(H,14,15). The van der Waals surface area contributed by atoms with Gasteiger partial charge in [0.1, 0.15) is 6.54 Å². The van der Waals surface area contributed by atoms with Crippen LogP contribution in [0.25, 0.3) is 0 Å². The normalized spacial score (nSPS) is 11.8. The van der Waals surface area contributed by atoms with Gasteiger partial charge in [0, 0.05) is 5.92 Å². The summed E-state index contributed by atoms with van der Waals surface area (Å²) in [5.74, 6) is 0.130. The Hall–Kier alpha value is -1.04. The molecule has 0 aromatic heterocycles. The molecular formula is C12H22N2O. The van der Waals surface area contributed by atoms with Gasteiger partial charge in [-0.15, -0.1) is 0 Å². The molecular weight excluding hydrogens is 188 g/mol. The average molecular weight is 210 g/mol. The van der Waals surface area contributed by atoms with Crippen molar-refractivity contribution in [3.8, 4) is 6.07 Å². The predicted molar refractivity (Wildman–Crippen MR) is 61.2 cm³/mol. The fraction of sp³-hybridized carbons (Fsp3) is 0.833. The van der Waals surface area contributed by atoms with Crippen LogP contribution in [-0.2, 0) is 4.79 Å². The van der Waals surface area contributed by atoms with E-state index >= 15 is 0 Å². The molecule has 0 spiro atoms. The first-order valence-electron chi connectivity index (χ1n) is 5.90. The summed E-state index contributed by atoms with van der Waals surface area (Å²) >= 11 is 0. The SMILES string of the molecule is CCCCCCC(CC)C(=O)NCC#N. The number of nitrogens with one attached hydrogen (secondary N) is 1. The van der Waals surface area contributed by atoms with Gasteiger partial charge in [-0.3, -0.25) is 4.79 Å². The minimum absolute atomic E-state index is 0.0375. The summed E-state index contributed by atoms with van der Waals surface area (Å²) in [4.78, 5) is 11.5. The molecule has 0 fully saturated rings. The highest BCUT2D eigenvalue weighted by molar-refractivity contribution is 5.78. The Morgan fingerprint density at radius 1 is 1.33 bits per heavy atom. The van der Waals surface area contributed by atoms with Crippen molar-refractivity contribution in [3.05, 3.63) is 0 Å². The molecule has 0 bridgehead atoms. The van der Waals surface area contributed by atoms with E-state index in [1.807, 2.05) is 13.0 Å². The lowest BCUT2D eigenvalue weighted by atomic mass is 9.97. The van der Waals surface area contributed by atoms with Gasteiger partial charge in [0.05, 0.1) is 6.07 Å². The molecule has 0 aliphatic carbocycles. The Morgan fingerprint density at radius 3 is 2.60 bits per heavy atom. The van der Waals surface area contributed by atoms with Crippen molar-refractivity contribution in [2.24, 2.45) is 5.92 Å². The van der Waals surface area contributed by atoms with Gasteiger partial charge in [0.25, 0.3) is 0 Å². The first-order valence-corrected chi connectivity index (χ1v) is 5.90. The summed E-state index contributed by atoms with van der Waals surface area (Å²) in [6, 6.07) is 1.92. The molecule has 0 saturated carbocycles. The minimum atomic E-state index is 0.0375. The monoisotopic (exact) mass is 210 g/mol. The topological polar surface area (TPSA) is 52.9 Å². The number of rotatable bonds is 8. The Balaban J connectivity index is 3.71. The number of nitriles is 1. The molecule has 15 heavy (non-hydrogen) atoms. The first kappa shape index (κ1) is 14.0. The van der Waals surface area contributed by atoms with Gasteiger partial charge in [-0.2, -0.15) is 5.26 Å². The molecule has 1 unspecified atom stereocenters. The van der Waals surface area contributed by atoms with E-state index in [0.29, 0.717) is 0 Å². The Morgan fingerprint density at radius 2 is 2.07 bits per heavy atom. The number of hydrogen-bond acceptors (Lipinski definition) is 2. The zero-order chi connectivity index (χ0) is 11.5. The van der Waals surface area contributed by atoms with Crippen molar-refractivity contribution >= 4 is 5.91 Å². The molecule has 0 heterocycles. The molecule has 86 valence electrons. The quantitative estimate of drug-likeness (QED) is 0.494. The lowest BCUT2D eigenvalue weighted by Gasteiger charge is -2.13. The molecule has 1 atom stereocenters. The van der Waals surface area contributed by atoms with E-state index in [1.165, 1.54) is 19.3 Å². The zero-order valence-electron chi connectivity index (χ0n) is 9.88. The van der Waals surface area contributed by atoms with Crippen LogP contribution in [0.4, 0.5) is 0 Å². The number of unbranched alkanes of at least 4 members (excludes halogenated alkanes) is 3. The number of hydrogen-bond donors (Lipinski definition) is 1. The molecule has 3 heteroatoms. The molecule has 1 amide bonds. The summed E-state index contributed by atoms with van der Waals surface area (Å²) < 4.78 is 0. The van der Waals surface area contributed by atoms with Crippen LogP contribution in [0.15, 0.2) is 0 Å². The zero-order valence-corrected chi connectivity index (χ0v) is 9.88. The van der Waals surface area contributed by atoms with Crippen LogP contribution in [-0.4, -0.2) is 12.5 Å². The average Bonchev–Trinajstić information content (AvgIpc) is 2.26. The van der Waals surface area contributed by atoms with Gasteiger partial charge in [-0.25, -0.2) is 0 Å². The van der Waals surface area contributed by atoms with Crippen molar-refractivity contribution in [1.29, 1.82) is 5.26 Å². The van der Waals surface area contributed by atoms with Crippen LogP contribution in [0.5, 0.6) is 0 Å². The largest absolute Gasteiger partial charge is 0.343 e. The Labute approximate surface area is 92.9 Å². The summed E-state index contributed by atoms with van der Waals surface area (Å²) in [6.07, 6.45) is 6.61. The van der Waals surface area contributed by atoms with Crippen molar-refractivity contribution in [2.75, 3.05) is 6.54 Å². The Bertz CT molecular complexity index is 208. The second kappa shape index (κ2) is 9.51. The molecule has 0 rings (SSSR count). The van der Waals surface area contributed by atoms with Gasteiger partial charge in [0.15, 0.2) is 0 Å². The highest BCUT2D eigenvalue weighted by Crippen LogP contribution is 2.14. The van der Waals surface area contributed by atoms with E-state index in [-0.39, 0.29) is 18.4 Å². The van der Waals surface area contributed by atoms with Crippen LogP contribution in [0.1, 0.15) is 52.4 Å². The minimum Gasteiger partial charge on any atom is -0.343 e. The third kappa shape index (κ3) is 6.96. The van der Waals surface area contributed by atoms with E-state index in [0.717, 1.165) is 19.3 Å². The number of nitrogens with zero attached hydrogens (tertiary/aromatic N) is 1. The molecule has 0 aliphatic rings. The molecule has 1 N–H and O–H groups in total. The van der Waals surface area contributed by atoms with Crippen LogP contribution in [0.3, 0.4) is 0 Å². The first-order chi connectivity index (χ1) is 7.26. The molecule has 0 aromatic carbocycles. The molecule has 3 nitrogen and oxygen atoms in total. The van der Waals surface area contributed by atoms with E-state index in [4.69, 9.17) is 5.26 Å². The van der Waals surface area contributed by atoms with Crippen LogP contribution < -0.4 is 5.32 Å². The van der Waals surface area contributed by atoms with Gasteiger partial charge >= 0.3 is 0 Å². The maximum Gasteiger partial charge on any atom is 0.223 e. The summed E-state index contributed by atoms with van der Waals surface area (Å²) in [6.45, 7) is 4.33. The second-order valence-electron chi connectivity index (χ2n) is 3.83. The van der Waals surface area contributed by atoms with Crippen LogP contribution in [0, 0.1) is 17.2 Å². The van der Waals surface area contributed by atoms with Gasteiger partial charge in [-0.1, -0.05) is 39.5 Å². The summed E-state index contributed by atoms with van der Waals surface area (Å²) in [5, 5.41) is 11.0. The van der Waals surface area contributed by atoms with Crippen LogP contribution in [0.2, 0.25) is 0 Å². The number of carbonyl (C=O) groups excluding carboxylic acids is 1. The predicted octanol–water partition coefficient (Wildman–Crippen LogP) is 2.62. The molecule has 0 aliphatic heterocycles. The van der Waals surface area contributed by atoms with E-state index in [9.17, 15) is 4.79 Å². The van der Waals surface area contributed by atoms with Gasteiger partial charge < -0.3 is 5.32 Å². The molecule has 0 saturated heterocycles. The Kier molecular flexibility index (Phi) is 8.85.